The largest absolute Gasteiger partial charge is 0.380 e. The lowest BCUT2D eigenvalue weighted by Gasteiger charge is -2.62. The van der Waals surface area contributed by atoms with Crippen LogP contribution in [0.5, 0.6) is 0 Å². The van der Waals surface area contributed by atoms with E-state index in [4.69, 9.17) is 0 Å². The minimum absolute atomic E-state index is 0.0177. The van der Waals surface area contributed by atoms with Crippen LogP contribution in [-0.4, -0.2) is 26.6 Å². The molecule has 2 bridgehead atoms. The molecule has 0 radical (unpaired) electrons. The Kier molecular flexibility index (Phi) is 5.84. The summed E-state index contributed by atoms with van der Waals surface area (Å²) in [4.78, 5) is 29.2. The molecule has 0 amide bonds. The Hall–Kier alpha value is -2.02. The van der Waals surface area contributed by atoms with Crippen LogP contribution in [0.2, 0.25) is 0 Å². The topological polar surface area (TPSA) is 76.9 Å². The van der Waals surface area contributed by atoms with Crippen molar-refractivity contribution in [3.63, 3.8) is 0 Å². The molecular formula is C23H29BrN4O2. The van der Waals surface area contributed by atoms with Gasteiger partial charge in [-0.2, -0.15) is 5.10 Å². The van der Waals surface area contributed by atoms with Gasteiger partial charge in [0, 0.05) is 24.9 Å². The van der Waals surface area contributed by atoms with E-state index < -0.39 is 0 Å². The Morgan fingerprint density at radius 3 is 2.80 bits per heavy atom. The second-order valence-corrected chi connectivity index (χ2v) is 10.2. The zero-order valence-corrected chi connectivity index (χ0v) is 19.4. The summed E-state index contributed by atoms with van der Waals surface area (Å²) in [6, 6.07) is 4.14. The summed E-state index contributed by atoms with van der Waals surface area (Å²) < 4.78 is 1.69. The van der Waals surface area contributed by atoms with E-state index in [2.05, 4.69) is 52.1 Å². The molecule has 160 valence electrons. The molecule has 3 saturated carbocycles. The maximum absolute atomic E-state index is 12.8. The molecule has 30 heavy (non-hydrogen) atoms. The number of aromatic nitrogens is 3. The zero-order valence-electron chi connectivity index (χ0n) is 17.8. The number of ketones is 1. The predicted octanol–water partition coefficient (Wildman–Crippen LogP) is 4.09. The summed E-state index contributed by atoms with van der Waals surface area (Å²) in [5.41, 5.74) is 1.88. The van der Waals surface area contributed by atoms with Gasteiger partial charge in [-0.1, -0.05) is 26.8 Å². The number of anilines is 1. The molecule has 0 unspecified atom stereocenters. The van der Waals surface area contributed by atoms with Gasteiger partial charge in [0.1, 0.15) is 11.0 Å². The summed E-state index contributed by atoms with van der Waals surface area (Å²) in [7, 11) is 0. The number of carbonyl (C=O) groups excluding carboxylic acids is 1. The molecular weight excluding hydrogens is 444 g/mol. The first kappa shape index (κ1) is 21.2. The molecule has 0 saturated heterocycles. The molecule has 0 spiro atoms. The predicted molar refractivity (Wildman–Crippen MR) is 120 cm³/mol. The fourth-order valence-electron chi connectivity index (χ4n) is 5.29. The van der Waals surface area contributed by atoms with Gasteiger partial charge in [0.25, 0.3) is 5.56 Å². The Morgan fingerprint density at radius 2 is 2.13 bits per heavy atom. The lowest BCUT2D eigenvalue weighted by Crippen LogP contribution is -2.58. The minimum Gasteiger partial charge on any atom is -0.380 e. The van der Waals surface area contributed by atoms with E-state index >= 15 is 0 Å². The van der Waals surface area contributed by atoms with Crippen LogP contribution in [-0.2, 0) is 17.8 Å². The number of Topliss-reactive ketones (excluding diaryl/α,β-unsaturated/α-hetero) is 1. The van der Waals surface area contributed by atoms with Crippen LogP contribution >= 0.6 is 15.9 Å². The summed E-state index contributed by atoms with van der Waals surface area (Å²) >= 11 is 3.44. The number of hydrogen-bond donors (Lipinski definition) is 1. The maximum Gasteiger partial charge on any atom is 0.283 e. The molecule has 3 fully saturated rings. The van der Waals surface area contributed by atoms with Gasteiger partial charge in [0.2, 0.25) is 0 Å². The molecule has 3 aliphatic rings. The number of hydrogen-bond acceptors (Lipinski definition) is 5. The summed E-state index contributed by atoms with van der Waals surface area (Å²) in [5, 5.41) is 7.81. The van der Waals surface area contributed by atoms with Crippen LogP contribution < -0.4 is 10.9 Å². The van der Waals surface area contributed by atoms with E-state index in [1.54, 1.807) is 18.6 Å². The van der Waals surface area contributed by atoms with Crippen molar-refractivity contribution in [3.8, 4) is 0 Å². The van der Waals surface area contributed by atoms with Crippen molar-refractivity contribution in [2.75, 3.05) is 5.32 Å². The fraction of sp³-hybridized carbons (Fsp3) is 0.565. The number of nitrogens with zero attached hydrogens (tertiary/aromatic N) is 3. The average Bonchev–Trinajstić information content (AvgIpc) is 2.73. The lowest BCUT2D eigenvalue weighted by molar-refractivity contribution is -0.119. The van der Waals surface area contributed by atoms with Crippen LogP contribution in [0.15, 0.2) is 40.0 Å². The number of pyridine rings is 1. The Balaban J connectivity index is 1.39. The Labute approximate surface area is 185 Å². The number of aryl methyl sites for hydroxylation is 1. The van der Waals surface area contributed by atoms with Gasteiger partial charge >= 0.3 is 0 Å². The average molecular weight is 473 g/mol. The minimum atomic E-state index is -0.274. The van der Waals surface area contributed by atoms with E-state index in [-0.39, 0.29) is 17.9 Å². The summed E-state index contributed by atoms with van der Waals surface area (Å²) in [6.45, 7) is 7.05. The Morgan fingerprint density at radius 1 is 1.33 bits per heavy atom. The van der Waals surface area contributed by atoms with Crippen molar-refractivity contribution in [1.82, 2.24) is 14.8 Å². The third kappa shape index (κ3) is 3.96. The first-order valence-corrected chi connectivity index (χ1v) is 11.5. The monoisotopic (exact) mass is 472 g/mol. The molecule has 3 aliphatic carbocycles. The first-order valence-electron chi connectivity index (χ1n) is 10.7. The quantitative estimate of drug-likeness (QED) is 0.656. The third-order valence-electron chi connectivity index (χ3n) is 7.42. The van der Waals surface area contributed by atoms with Gasteiger partial charge in [0.15, 0.2) is 5.78 Å². The van der Waals surface area contributed by atoms with Gasteiger partial charge in [-0.25, -0.2) is 4.68 Å². The van der Waals surface area contributed by atoms with Gasteiger partial charge in [-0.05, 0) is 70.0 Å². The van der Waals surface area contributed by atoms with E-state index in [1.807, 2.05) is 12.1 Å². The number of fused-ring (bicyclic) bond motifs is 2. The highest BCUT2D eigenvalue weighted by molar-refractivity contribution is 9.10. The molecule has 0 aromatic carbocycles. The fourth-order valence-corrected chi connectivity index (χ4v) is 5.72. The Bertz CT molecular complexity index is 988. The molecule has 2 heterocycles. The summed E-state index contributed by atoms with van der Waals surface area (Å²) in [6.07, 6.45) is 8.53. The molecule has 2 aromatic heterocycles. The van der Waals surface area contributed by atoms with Crippen LogP contribution in [0.4, 0.5) is 5.69 Å². The van der Waals surface area contributed by atoms with Crippen LogP contribution in [0.25, 0.3) is 0 Å². The van der Waals surface area contributed by atoms with Gasteiger partial charge in [0.05, 0.1) is 11.9 Å². The van der Waals surface area contributed by atoms with E-state index in [0.717, 1.165) is 29.5 Å². The van der Waals surface area contributed by atoms with Crippen molar-refractivity contribution in [1.29, 1.82) is 0 Å². The molecule has 6 nitrogen and oxygen atoms in total. The summed E-state index contributed by atoms with van der Waals surface area (Å²) in [5.74, 6) is 1.98. The van der Waals surface area contributed by atoms with Gasteiger partial charge in [-0.15, -0.1) is 0 Å². The SMILES string of the molecule is C[C@@H]1[C@H]2C[C@@H](C[C@H]1Nc1cnn(CC(=O)CCc3cccnc3)c(=O)c1Br)C2(C)C. The van der Waals surface area contributed by atoms with Crippen molar-refractivity contribution < 1.29 is 4.79 Å². The maximum atomic E-state index is 12.8. The number of halogens is 1. The molecule has 0 aliphatic heterocycles. The molecule has 7 heteroatoms. The van der Waals surface area contributed by atoms with Crippen LogP contribution in [0.1, 0.15) is 45.6 Å². The molecule has 1 N–H and O–H groups in total. The third-order valence-corrected chi connectivity index (χ3v) is 8.19. The highest BCUT2D eigenvalue weighted by Gasteiger charge is 2.56. The zero-order chi connectivity index (χ0) is 21.5. The van der Waals surface area contributed by atoms with E-state index in [9.17, 15) is 9.59 Å². The highest BCUT2D eigenvalue weighted by Crippen LogP contribution is 2.61. The van der Waals surface area contributed by atoms with Crippen molar-refractivity contribution >= 4 is 27.4 Å². The standard InChI is InChI=1S/C23H29BrN4O2/c1-14-18-9-16(23(18,2)3)10-19(14)27-20-12-26-28(22(30)21(20)24)13-17(29)7-6-15-5-4-8-25-11-15/h4-5,8,11-12,14,16,18-19,27H,6-7,9-10,13H2,1-3H3/t14-,16+,18-,19-/m1/s1. The van der Waals surface area contributed by atoms with E-state index in [0.29, 0.717) is 34.7 Å². The van der Waals surface area contributed by atoms with Crippen LogP contribution in [0, 0.1) is 23.2 Å². The van der Waals surface area contributed by atoms with E-state index in [1.165, 1.54) is 11.1 Å². The normalized spacial score (nSPS) is 26.7. The smallest absolute Gasteiger partial charge is 0.283 e. The molecule has 5 rings (SSSR count). The highest BCUT2D eigenvalue weighted by atomic mass is 79.9. The number of carbonyl (C=O) groups is 1. The lowest BCUT2D eigenvalue weighted by atomic mass is 9.45. The number of rotatable bonds is 7. The van der Waals surface area contributed by atoms with Gasteiger partial charge in [-0.3, -0.25) is 14.6 Å². The van der Waals surface area contributed by atoms with Crippen molar-refractivity contribution in [2.24, 2.45) is 23.2 Å². The second kappa shape index (κ2) is 8.25. The van der Waals surface area contributed by atoms with Crippen LogP contribution in [0.3, 0.4) is 0 Å². The van der Waals surface area contributed by atoms with Gasteiger partial charge < -0.3 is 5.32 Å². The second-order valence-electron chi connectivity index (χ2n) is 9.44. The molecule has 2 aromatic rings. The van der Waals surface area contributed by atoms with Crippen molar-refractivity contribution in [2.45, 2.75) is 59.0 Å². The number of nitrogens with one attached hydrogen (secondary N) is 1. The molecule has 4 atom stereocenters. The first-order chi connectivity index (χ1) is 14.3. The van der Waals surface area contributed by atoms with Crippen molar-refractivity contribution in [3.05, 3.63) is 51.1 Å².